The van der Waals surface area contributed by atoms with Gasteiger partial charge < -0.3 is 15.4 Å². The molecule has 1 fully saturated rings. The molecule has 0 aliphatic carbocycles. The van der Waals surface area contributed by atoms with E-state index >= 15 is 0 Å². The summed E-state index contributed by atoms with van der Waals surface area (Å²) >= 11 is 0. The highest BCUT2D eigenvalue weighted by Gasteiger charge is 2.37. The highest BCUT2D eigenvalue weighted by atomic mass is 31.0. The molecule has 2 N–H and O–H groups in total. The number of nitrogens with zero attached hydrogens (tertiary/aromatic N) is 1. The van der Waals surface area contributed by atoms with Gasteiger partial charge in [0.2, 0.25) is 5.91 Å². The van der Waals surface area contributed by atoms with E-state index in [2.05, 4.69) is 18.5 Å². The van der Waals surface area contributed by atoms with Crippen LogP contribution in [-0.2, 0) is 9.53 Å². The van der Waals surface area contributed by atoms with Crippen molar-refractivity contribution in [2.75, 3.05) is 19.8 Å². The van der Waals surface area contributed by atoms with Gasteiger partial charge in [-0.25, -0.2) is 4.79 Å². The number of hydrogen-bond donors (Lipinski definition) is 1. The average Bonchev–Trinajstić information content (AvgIpc) is 2.30. The molecule has 0 saturated carbocycles. The minimum atomic E-state index is -0.571. The number of primary amides is 1. The number of likely N-dealkylation sites (tertiary alicyclic amines) is 1. The van der Waals surface area contributed by atoms with Crippen molar-refractivity contribution in [2.45, 2.75) is 44.4 Å². The molecule has 2 amide bonds. The van der Waals surface area contributed by atoms with Gasteiger partial charge in [0.15, 0.2) is 0 Å². The zero-order valence-corrected chi connectivity index (χ0v) is 14.5. The van der Waals surface area contributed by atoms with Crippen LogP contribution in [0.1, 0.15) is 33.6 Å². The normalized spacial score (nSPS) is 18.1. The fraction of sp³-hybridized carbons (Fsp3) is 0.833. The van der Waals surface area contributed by atoms with Gasteiger partial charge in [0.1, 0.15) is 5.60 Å². The molecule has 1 rings (SSSR count). The molecule has 2 atom stereocenters. The van der Waals surface area contributed by atoms with Crippen LogP contribution in [0.4, 0.5) is 4.79 Å². The van der Waals surface area contributed by atoms with Crippen molar-refractivity contribution in [1.82, 2.24) is 4.90 Å². The van der Waals surface area contributed by atoms with E-state index in [0.717, 1.165) is 0 Å². The number of hydrogen-bond acceptors (Lipinski definition) is 3. The molecule has 19 heavy (non-hydrogen) atoms. The van der Waals surface area contributed by atoms with Crippen molar-refractivity contribution < 1.29 is 14.3 Å². The third-order valence-electron chi connectivity index (χ3n) is 2.80. The minimum Gasteiger partial charge on any atom is -0.444 e. The summed E-state index contributed by atoms with van der Waals surface area (Å²) in [4.78, 5) is 24.6. The monoisotopic (exact) mass is 308 g/mol. The Bertz CT molecular complexity index is 321. The van der Waals surface area contributed by atoms with E-state index in [0.29, 0.717) is 25.9 Å². The van der Waals surface area contributed by atoms with E-state index in [1.807, 2.05) is 27.4 Å². The molecule has 1 aliphatic rings. The zero-order chi connectivity index (χ0) is 15.3. The first-order chi connectivity index (χ1) is 8.64. The van der Waals surface area contributed by atoms with E-state index in [1.165, 1.54) is 0 Å². The van der Waals surface area contributed by atoms with Crippen molar-refractivity contribution in [3.05, 3.63) is 0 Å². The summed E-state index contributed by atoms with van der Waals surface area (Å²) in [6, 6.07) is 0. The number of nitrogens with two attached hydrogens (primary N) is 1. The second kappa shape index (κ2) is 7.40. The van der Waals surface area contributed by atoms with Gasteiger partial charge in [0.25, 0.3) is 0 Å². The summed E-state index contributed by atoms with van der Waals surface area (Å²) in [6.45, 7) is 8.41. The summed E-state index contributed by atoms with van der Waals surface area (Å²) in [5, 5.41) is -0.571. The highest BCUT2D eigenvalue weighted by molar-refractivity contribution is 7.21. The fourth-order valence-electron chi connectivity index (χ4n) is 1.66. The van der Waals surface area contributed by atoms with Gasteiger partial charge in [-0.3, -0.25) is 4.79 Å². The Balaban J connectivity index is 0.00000154. The summed E-state index contributed by atoms with van der Waals surface area (Å²) in [5.41, 5.74) is 4.84. The maximum Gasteiger partial charge on any atom is 0.410 e. The molecule has 1 heterocycles. The predicted molar refractivity (Wildman–Crippen MR) is 84.3 cm³/mol. The van der Waals surface area contributed by atoms with Crippen molar-refractivity contribution in [1.29, 1.82) is 0 Å². The van der Waals surface area contributed by atoms with E-state index in [4.69, 9.17) is 10.5 Å². The maximum atomic E-state index is 11.8. The third-order valence-corrected chi connectivity index (χ3v) is 3.66. The second-order valence-corrected chi connectivity index (χ2v) is 6.59. The van der Waals surface area contributed by atoms with Crippen LogP contribution in [0.15, 0.2) is 0 Å². The van der Waals surface area contributed by atoms with Gasteiger partial charge in [-0.1, -0.05) is 6.66 Å². The van der Waals surface area contributed by atoms with Crippen LogP contribution in [0, 0.1) is 0 Å². The lowest BCUT2D eigenvalue weighted by molar-refractivity contribution is -0.121. The number of carbonyl (C=O) groups is 2. The zero-order valence-electron chi connectivity index (χ0n) is 12.2. The van der Waals surface area contributed by atoms with Crippen molar-refractivity contribution in [2.24, 2.45) is 5.73 Å². The Morgan fingerprint density at radius 2 is 1.63 bits per heavy atom. The van der Waals surface area contributed by atoms with Crippen LogP contribution in [0.5, 0.6) is 0 Å². The first kappa shape index (κ1) is 18.6. The van der Waals surface area contributed by atoms with Crippen LogP contribution in [-0.4, -0.2) is 47.4 Å². The predicted octanol–water partition coefficient (Wildman–Crippen LogP) is 1.61. The van der Waals surface area contributed by atoms with Crippen LogP contribution in [0.2, 0.25) is 0 Å². The Kier molecular flexibility index (Phi) is 7.24. The maximum absolute atomic E-state index is 11.8. The summed E-state index contributed by atoms with van der Waals surface area (Å²) < 4.78 is 5.27. The van der Waals surface area contributed by atoms with Gasteiger partial charge in [0, 0.05) is 13.1 Å². The average molecular weight is 308 g/mol. The molecule has 0 aromatic heterocycles. The molecule has 5 nitrogen and oxygen atoms in total. The molecule has 0 aromatic carbocycles. The van der Waals surface area contributed by atoms with Crippen LogP contribution < -0.4 is 5.73 Å². The number of piperidine rings is 1. The Hall–Kier alpha value is -0.400. The summed E-state index contributed by atoms with van der Waals surface area (Å²) in [7, 11) is 4.93. The third kappa shape index (κ3) is 6.05. The van der Waals surface area contributed by atoms with Crippen LogP contribution in [0.3, 0.4) is 0 Å². The molecule has 0 aromatic rings. The minimum absolute atomic E-state index is 0.325. The van der Waals surface area contributed by atoms with Crippen molar-refractivity contribution in [3.8, 4) is 0 Å². The summed E-state index contributed by atoms with van der Waals surface area (Å²) in [5.74, 6) is -0.327. The standard InChI is InChI=1S/C11H21N2O3P.CH5P/c1-10(2,3)16-9(15)13-6-4-11(17,5-7-13)8(12)14;1-2/h4-7,17H2,1-3H3,(H2,12,14);2H2,1H3. The molecule has 7 heteroatoms. The number of amides is 2. The van der Waals surface area contributed by atoms with Gasteiger partial charge in [-0.15, -0.1) is 18.5 Å². The lowest BCUT2D eigenvalue weighted by Crippen LogP contribution is -2.50. The molecule has 0 spiro atoms. The van der Waals surface area contributed by atoms with E-state index < -0.39 is 10.8 Å². The molecule has 1 aliphatic heterocycles. The van der Waals surface area contributed by atoms with Crippen molar-refractivity contribution in [3.63, 3.8) is 0 Å². The van der Waals surface area contributed by atoms with Gasteiger partial charge in [0.05, 0.1) is 5.16 Å². The smallest absolute Gasteiger partial charge is 0.410 e. The Labute approximate surface area is 120 Å². The van der Waals surface area contributed by atoms with Crippen LogP contribution >= 0.6 is 18.5 Å². The summed E-state index contributed by atoms with van der Waals surface area (Å²) in [6.07, 6.45) is 0.799. The number of carbonyl (C=O) groups excluding carboxylic acids is 2. The molecule has 112 valence electrons. The van der Waals surface area contributed by atoms with Gasteiger partial charge in [-0.05, 0) is 33.6 Å². The fourth-order valence-corrected chi connectivity index (χ4v) is 1.92. The lowest BCUT2D eigenvalue weighted by atomic mass is 9.95. The van der Waals surface area contributed by atoms with Gasteiger partial charge in [-0.2, -0.15) is 0 Å². The Morgan fingerprint density at radius 1 is 1.21 bits per heavy atom. The SMILES string of the molecule is CC(C)(C)OC(=O)N1CCC(P)(C(N)=O)CC1.CP. The molecular formula is C12H26N2O3P2. The first-order valence-electron chi connectivity index (χ1n) is 6.28. The Morgan fingerprint density at radius 3 is 1.95 bits per heavy atom. The van der Waals surface area contributed by atoms with E-state index in [-0.39, 0.29) is 12.0 Å². The van der Waals surface area contributed by atoms with E-state index in [1.54, 1.807) is 4.90 Å². The molecular weight excluding hydrogens is 282 g/mol. The number of rotatable bonds is 1. The molecule has 0 bridgehead atoms. The first-order valence-corrected chi connectivity index (χ1v) is 8.02. The quantitative estimate of drug-likeness (QED) is 0.748. The molecule has 1 saturated heterocycles. The van der Waals surface area contributed by atoms with Crippen molar-refractivity contribution >= 4 is 30.5 Å². The number of ether oxygens (including phenoxy) is 1. The van der Waals surface area contributed by atoms with Crippen LogP contribution in [0.25, 0.3) is 0 Å². The highest BCUT2D eigenvalue weighted by Crippen LogP contribution is 2.31. The topological polar surface area (TPSA) is 72.6 Å². The second-order valence-electron chi connectivity index (χ2n) is 5.49. The van der Waals surface area contributed by atoms with E-state index in [9.17, 15) is 9.59 Å². The largest absolute Gasteiger partial charge is 0.444 e. The lowest BCUT2D eigenvalue weighted by Gasteiger charge is -2.37. The molecule has 2 unspecified atom stereocenters. The molecule has 0 radical (unpaired) electrons. The van der Waals surface area contributed by atoms with Gasteiger partial charge >= 0.3 is 6.09 Å².